The third-order valence-corrected chi connectivity index (χ3v) is 5.20. The number of anilines is 1. The molecule has 3 heterocycles. The van der Waals surface area contributed by atoms with Gasteiger partial charge in [-0.1, -0.05) is 6.07 Å². The highest BCUT2D eigenvalue weighted by Crippen LogP contribution is 2.40. The topological polar surface area (TPSA) is 46.9 Å². The van der Waals surface area contributed by atoms with E-state index in [9.17, 15) is 4.79 Å². The van der Waals surface area contributed by atoms with Crippen molar-refractivity contribution < 1.29 is 4.79 Å². The minimum absolute atomic E-state index is 0.0456. The summed E-state index contributed by atoms with van der Waals surface area (Å²) < 4.78 is 1.88. The molecule has 0 aliphatic carbocycles. The third-order valence-electron chi connectivity index (χ3n) is 4.50. The lowest BCUT2D eigenvalue weighted by molar-refractivity contribution is -0.116. The van der Waals surface area contributed by atoms with Crippen LogP contribution in [0.2, 0.25) is 0 Å². The number of amides is 1. The molecule has 1 aliphatic heterocycles. The van der Waals surface area contributed by atoms with Gasteiger partial charge in [0.1, 0.15) is 5.82 Å². The summed E-state index contributed by atoms with van der Waals surface area (Å²) in [5.74, 6) is 0.939. The standard InChI is InChI=1S/C19H19N3OS/c1-11-6-12(2)8-15(7-11)22-19-18(13(3)21-22)16(9-17(23)20-19)14-4-5-24-10-14/h4-8,10,16H,9H2,1-3H3,(H,20,23)/t16-/m0/s1. The molecule has 0 radical (unpaired) electrons. The maximum absolute atomic E-state index is 12.3. The zero-order chi connectivity index (χ0) is 16.8. The Morgan fingerprint density at radius 1 is 1.21 bits per heavy atom. The van der Waals surface area contributed by atoms with E-state index >= 15 is 0 Å². The van der Waals surface area contributed by atoms with Crippen LogP contribution in [0, 0.1) is 20.8 Å². The average Bonchev–Trinajstić information content (AvgIpc) is 3.14. The molecule has 0 saturated heterocycles. The summed E-state index contributed by atoms with van der Waals surface area (Å²) in [5.41, 5.74) is 6.65. The second kappa shape index (κ2) is 5.60. The Hall–Kier alpha value is -2.40. The van der Waals surface area contributed by atoms with Crippen molar-refractivity contribution in [2.75, 3.05) is 5.32 Å². The van der Waals surface area contributed by atoms with E-state index in [0.717, 1.165) is 22.8 Å². The van der Waals surface area contributed by atoms with Crippen molar-refractivity contribution in [1.82, 2.24) is 9.78 Å². The van der Waals surface area contributed by atoms with Crippen LogP contribution in [0.15, 0.2) is 35.0 Å². The van der Waals surface area contributed by atoms with Crippen LogP contribution in [0.25, 0.3) is 5.69 Å². The summed E-state index contributed by atoms with van der Waals surface area (Å²) in [5, 5.41) is 12.0. The van der Waals surface area contributed by atoms with Crippen molar-refractivity contribution in [3.05, 3.63) is 63.0 Å². The summed E-state index contributed by atoms with van der Waals surface area (Å²) in [6.07, 6.45) is 0.475. The second-order valence-electron chi connectivity index (χ2n) is 6.47. The van der Waals surface area contributed by atoms with Gasteiger partial charge in [-0.15, -0.1) is 0 Å². The number of carbonyl (C=O) groups is 1. The van der Waals surface area contributed by atoms with Crippen LogP contribution in [0.3, 0.4) is 0 Å². The number of hydrogen-bond donors (Lipinski definition) is 1. The van der Waals surface area contributed by atoms with Crippen molar-refractivity contribution in [2.24, 2.45) is 0 Å². The molecule has 0 spiro atoms. The first-order valence-corrected chi connectivity index (χ1v) is 8.97. The lowest BCUT2D eigenvalue weighted by atomic mass is 9.87. The monoisotopic (exact) mass is 337 g/mol. The lowest BCUT2D eigenvalue weighted by Crippen LogP contribution is -2.24. The summed E-state index contributed by atoms with van der Waals surface area (Å²) in [6, 6.07) is 8.44. The number of nitrogens with one attached hydrogen (secondary N) is 1. The number of fused-ring (bicyclic) bond motifs is 1. The second-order valence-corrected chi connectivity index (χ2v) is 7.25. The first-order valence-electron chi connectivity index (χ1n) is 8.03. The van der Waals surface area contributed by atoms with Crippen LogP contribution in [0.4, 0.5) is 5.82 Å². The Balaban J connectivity index is 1.91. The largest absolute Gasteiger partial charge is 0.310 e. The van der Waals surface area contributed by atoms with Gasteiger partial charge in [-0.05, 0) is 66.4 Å². The van der Waals surface area contributed by atoms with Crippen LogP contribution in [0.1, 0.15) is 40.3 Å². The zero-order valence-electron chi connectivity index (χ0n) is 14.0. The predicted octanol–water partition coefficient (Wildman–Crippen LogP) is 4.33. The van der Waals surface area contributed by atoms with Crippen LogP contribution < -0.4 is 5.32 Å². The summed E-state index contributed by atoms with van der Waals surface area (Å²) in [6.45, 7) is 6.17. The first-order chi connectivity index (χ1) is 11.5. The number of rotatable bonds is 2. The highest BCUT2D eigenvalue weighted by atomic mass is 32.1. The molecule has 5 heteroatoms. The summed E-state index contributed by atoms with van der Waals surface area (Å²) in [4.78, 5) is 12.3. The fourth-order valence-electron chi connectivity index (χ4n) is 3.56. The number of aryl methyl sites for hydroxylation is 3. The van der Waals surface area contributed by atoms with Crippen LogP contribution >= 0.6 is 11.3 Å². The molecule has 4 nitrogen and oxygen atoms in total. The molecule has 4 rings (SSSR count). The van der Waals surface area contributed by atoms with Crippen LogP contribution in [-0.2, 0) is 4.79 Å². The van der Waals surface area contributed by atoms with Gasteiger partial charge < -0.3 is 5.32 Å². The molecule has 0 unspecified atom stereocenters. The van der Waals surface area contributed by atoms with Crippen LogP contribution in [-0.4, -0.2) is 15.7 Å². The maximum atomic E-state index is 12.3. The molecule has 1 aliphatic rings. The Kier molecular flexibility index (Phi) is 3.53. The Morgan fingerprint density at radius 3 is 2.62 bits per heavy atom. The number of hydrogen-bond acceptors (Lipinski definition) is 3. The van der Waals surface area contributed by atoms with E-state index in [0.29, 0.717) is 6.42 Å². The SMILES string of the molecule is Cc1cc(C)cc(-n2nc(C)c3c2NC(=O)C[C@H]3c2ccsc2)c1. The molecule has 1 N–H and O–H groups in total. The molecule has 0 saturated carbocycles. The van der Waals surface area contributed by atoms with Gasteiger partial charge in [0.25, 0.3) is 0 Å². The zero-order valence-corrected chi connectivity index (χ0v) is 14.8. The number of aromatic nitrogens is 2. The van der Waals surface area contributed by atoms with Crippen LogP contribution in [0.5, 0.6) is 0 Å². The van der Waals surface area contributed by atoms with Gasteiger partial charge in [0.15, 0.2) is 0 Å². The molecule has 0 fully saturated rings. The van der Waals surface area contributed by atoms with E-state index in [1.807, 2.05) is 11.6 Å². The van der Waals surface area contributed by atoms with Crippen molar-refractivity contribution in [3.8, 4) is 5.69 Å². The molecular weight excluding hydrogens is 318 g/mol. The van der Waals surface area contributed by atoms with E-state index in [4.69, 9.17) is 5.10 Å². The van der Waals surface area contributed by atoms with Gasteiger partial charge in [0.2, 0.25) is 5.91 Å². The Morgan fingerprint density at radius 2 is 1.96 bits per heavy atom. The van der Waals surface area contributed by atoms with Gasteiger partial charge in [-0.2, -0.15) is 16.4 Å². The molecule has 1 atom stereocenters. The third kappa shape index (κ3) is 2.45. The molecule has 122 valence electrons. The van der Waals surface area contributed by atoms with E-state index in [1.165, 1.54) is 16.7 Å². The predicted molar refractivity (Wildman–Crippen MR) is 97.2 cm³/mol. The van der Waals surface area contributed by atoms with Gasteiger partial charge in [0, 0.05) is 17.9 Å². The van der Waals surface area contributed by atoms with Crippen molar-refractivity contribution in [1.29, 1.82) is 0 Å². The molecule has 2 aromatic heterocycles. The molecule has 24 heavy (non-hydrogen) atoms. The van der Waals surface area contributed by atoms with Crippen molar-refractivity contribution in [3.63, 3.8) is 0 Å². The minimum Gasteiger partial charge on any atom is -0.310 e. The van der Waals surface area contributed by atoms with E-state index < -0.39 is 0 Å². The van der Waals surface area contributed by atoms with Gasteiger partial charge in [-0.25, -0.2) is 4.68 Å². The molecule has 0 bridgehead atoms. The Labute approximate surface area is 145 Å². The van der Waals surface area contributed by atoms with E-state index in [1.54, 1.807) is 11.3 Å². The number of benzene rings is 1. The normalized spacial score (nSPS) is 16.8. The molecular formula is C19H19N3OS. The number of carbonyl (C=O) groups excluding carboxylic acids is 1. The number of thiophene rings is 1. The summed E-state index contributed by atoms with van der Waals surface area (Å²) in [7, 11) is 0. The van der Waals surface area contributed by atoms with Crippen molar-refractivity contribution in [2.45, 2.75) is 33.1 Å². The fraction of sp³-hybridized carbons (Fsp3) is 0.263. The Bertz CT molecular complexity index is 904. The van der Waals surface area contributed by atoms with E-state index in [-0.39, 0.29) is 11.8 Å². The maximum Gasteiger partial charge on any atom is 0.226 e. The van der Waals surface area contributed by atoms with Gasteiger partial charge in [0.05, 0.1) is 11.4 Å². The van der Waals surface area contributed by atoms with Gasteiger partial charge in [-0.3, -0.25) is 4.79 Å². The summed E-state index contributed by atoms with van der Waals surface area (Å²) >= 11 is 1.66. The smallest absolute Gasteiger partial charge is 0.226 e. The minimum atomic E-state index is 0.0456. The van der Waals surface area contributed by atoms with Gasteiger partial charge >= 0.3 is 0 Å². The molecule has 1 aromatic carbocycles. The fourth-order valence-corrected chi connectivity index (χ4v) is 4.28. The lowest BCUT2D eigenvalue weighted by Gasteiger charge is -2.23. The quantitative estimate of drug-likeness (QED) is 0.756. The number of nitrogens with zero attached hydrogens (tertiary/aromatic N) is 2. The van der Waals surface area contributed by atoms with Crippen molar-refractivity contribution >= 4 is 23.1 Å². The highest BCUT2D eigenvalue weighted by molar-refractivity contribution is 7.08. The molecule has 1 amide bonds. The average molecular weight is 337 g/mol. The highest BCUT2D eigenvalue weighted by Gasteiger charge is 2.32. The van der Waals surface area contributed by atoms with E-state index in [2.05, 4.69) is 54.2 Å². The first kappa shape index (κ1) is 15.1. The molecule has 3 aromatic rings.